The minimum atomic E-state index is -0.932. The molecule has 4 bridgehead atoms. The molecule has 0 heterocycles. The first-order valence-electron chi connectivity index (χ1n) is 10.2. The van der Waals surface area contributed by atoms with Crippen molar-refractivity contribution >= 4 is 5.97 Å². The summed E-state index contributed by atoms with van der Waals surface area (Å²) in [4.78, 5) is 11.0. The van der Waals surface area contributed by atoms with E-state index in [0.717, 1.165) is 34.4 Å². The van der Waals surface area contributed by atoms with Crippen molar-refractivity contribution in [2.24, 2.45) is 17.8 Å². The molecule has 0 aromatic heterocycles. The molecule has 28 heavy (non-hydrogen) atoms. The summed E-state index contributed by atoms with van der Waals surface area (Å²) in [5.74, 6) is 8.29. The lowest BCUT2D eigenvalue weighted by atomic mass is 9.48. The fraction of sp³-hybridized carbons (Fsp3) is 0.400. The van der Waals surface area contributed by atoms with Gasteiger partial charge in [0.1, 0.15) is 5.75 Å². The number of aromatic carboxylic acids is 1. The fourth-order valence-corrected chi connectivity index (χ4v) is 6.32. The van der Waals surface area contributed by atoms with Crippen molar-refractivity contribution in [3.05, 3.63) is 64.7 Å². The Morgan fingerprint density at radius 2 is 1.39 bits per heavy atom. The second-order valence-corrected chi connectivity index (χ2v) is 9.06. The van der Waals surface area contributed by atoms with Crippen LogP contribution in [-0.4, -0.2) is 16.2 Å². The number of rotatable bonds is 2. The van der Waals surface area contributed by atoms with Gasteiger partial charge >= 0.3 is 5.97 Å². The lowest BCUT2D eigenvalue weighted by Crippen LogP contribution is -2.48. The van der Waals surface area contributed by atoms with E-state index in [9.17, 15) is 9.90 Å². The van der Waals surface area contributed by atoms with Crippen LogP contribution in [0.15, 0.2) is 42.5 Å². The highest BCUT2D eigenvalue weighted by molar-refractivity contribution is 5.87. The van der Waals surface area contributed by atoms with Crippen LogP contribution in [0.4, 0.5) is 0 Å². The maximum absolute atomic E-state index is 11.0. The molecule has 0 atom stereocenters. The standard InChI is InChI=1S/C25H24O3/c26-23-8-5-17(2-1-16-3-6-21(7-4-16)24(27)28)12-22(23)25-13-18-9-19(14-25)11-20(10-18)15-25/h3-8,12,18-20,26H,9-11,13-15H2,(H,27,28). The maximum atomic E-state index is 11.0. The van der Waals surface area contributed by atoms with Gasteiger partial charge in [0.05, 0.1) is 5.56 Å². The van der Waals surface area contributed by atoms with Gasteiger partial charge in [0, 0.05) is 16.7 Å². The van der Waals surface area contributed by atoms with Gasteiger partial charge in [0.25, 0.3) is 0 Å². The zero-order valence-electron chi connectivity index (χ0n) is 15.8. The highest BCUT2D eigenvalue weighted by Crippen LogP contribution is 2.61. The molecule has 3 nitrogen and oxygen atoms in total. The summed E-state index contributed by atoms with van der Waals surface area (Å²) in [7, 11) is 0. The molecule has 4 aliphatic rings. The number of phenols is 1. The maximum Gasteiger partial charge on any atom is 0.335 e. The average molecular weight is 372 g/mol. The topological polar surface area (TPSA) is 57.5 Å². The molecule has 0 spiro atoms. The van der Waals surface area contributed by atoms with Gasteiger partial charge in [-0.2, -0.15) is 0 Å². The van der Waals surface area contributed by atoms with Crippen LogP contribution in [-0.2, 0) is 5.41 Å². The highest BCUT2D eigenvalue weighted by atomic mass is 16.4. The van der Waals surface area contributed by atoms with E-state index in [1.807, 2.05) is 6.07 Å². The number of carbonyl (C=O) groups is 1. The van der Waals surface area contributed by atoms with E-state index >= 15 is 0 Å². The van der Waals surface area contributed by atoms with E-state index in [2.05, 4.69) is 17.9 Å². The van der Waals surface area contributed by atoms with E-state index in [1.165, 1.54) is 38.5 Å². The van der Waals surface area contributed by atoms with Crippen LogP contribution in [0.5, 0.6) is 5.75 Å². The second kappa shape index (κ2) is 6.41. The smallest absolute Gasteiger partial charge is 0.335 e. The van der Waals surface area contributed by atoms with Gasteiger partial charge in [-0.1, -0.05) is 11.8 Å². The first-order valence-corrected chi connectivity index (χ1v) is 10.2. The van der Waals surface area contributed by atoms with Crippen LogP contribution in [0.1, 0.15) is 65.6 Å². The van der Waals surface area contributed by atoms with Gasteiger partial charge in [-0.15, -0.1) is 0 Å². The van der Waals surface area contributed by atoms with Gasteiger partial charge in [-0.3, -0.25) is 0 Å². The molecular weight excluding hydrogens is 348 g/mol. The van der Waals surface area contributed by atoms with Crippen molar-refractivity contribution in [1.82, 2.24) is 0 Å². The third-order valence-corrected chi connectivity index (χ3v) is 7.09. The molecule has 142 valence electrons. The zero-order valence-corrected chi connectivity index (χ0v) is 15.8. The van der Waals surface area contributed by atoms with E-state index in [1.54, 1.807) is 30.3 Å². The molecule has 0 saturated heterocycles. The fourth-order valence-electron chi connectivity index (χ4n) is 6.32. The number of hydrogen-bond donors (Lipinski definition) is 2. The van der Waals surface area contributed by atoms with Gasteiger partial charge < -0.3 is 10.2 Å². The second-order valence-electron chi connectivity index (χ2n) is 9.06. The predicted octanol–water partition coefficient (Wildman–Crippen LogP) is 4.96. The van der Waals surface area contributed by atoms with Crippen LogP contribution in [0.2, 0.25) is 0 Å². The quantitative estimate of drug-likeness (QED) is 0.733. The summed E-state index contributed by atoms with van der Waals surface area (Å²) in [5.41, 5.74) is 3.19. The van der Waals surface area contributed by atoms with Gasteiger partial charge in [-0.25, -0.2) is 4.79 Å². The third kappa shape index (κ3) is 2.98. The van der Waals surface area contributed by atoms with Crippen molar-refractivity contribution in [1.29, 1.82) is 0 Å². The van der Waals surface area contributed by atoms with Crippen molar-refractivity contribution < 1.29 is 15.0 Å². The lowest BCUT2D eigenvalue weighted by Gasteiger charge is -2.57. The molecule has 0 radical (unpaired) electrons. The van der Waals surface area contributed by atoms with Crippen molar-refractivity contribution in [2.75, 3.05) is 0 Å². The molecule has 2 aromatic carbocycles. The normalized spacial score (nSPS) is 29.9. The number of hydrogen-bond acceptors (Lipinski definition) is 2. The van der Waals surface area contributed by atoms with Gasteiger partial charge in [-0.05, 0) is 104 Å². The summed E-state index contributed by atoms with van der Waals surface area (Å²) in [6.45, 7) is 0. The molecule has 3 heteroatoms. The minimum absolute atomic E-state index is 0.139. The zero-order chi connectivity index (χ0) is 19.3. The molecule has 6 rings (SSSR count). The molecule has 2 N–H and O–H groups in total. The number of benzene rings is 2. The Kier molecular flexibility index (Phi) is 3.98. The summed E-state index contributed by atoms with van der Waals surface area (Å²) >= 11 is 0. The Labute approximate surface area is 165 Å². The Bertz CT molecular complexity index is 955. The minimum Gasteiger partial charge on any atom is -0.508 e. The number of carboxylic acid groups (broad SMARTS) is 1. The number of aromatic hydroxyl groups is 1. The lowest BCUT2D eigenvalue weighted by molar-refractivity contribution is -0.00614. The first kappa shape index (κ1) is 17.4. The van der Waals surface area contributed by atoms with Crippen LogP contribution in [0.3, 0.4) is 0 Å². The summed E-state index contributed by atoms with van der Waals surface area (Å²) < 4.78 is 0. The molecule has 2 aromatic rings. The molecule has 0 unspecified atom stereocenters. The van der Waals surface area contributed by atoms with Crippen LogP contribution >= 0.6 is 0 Å². The van der Waals surface area contributed by atoms with Gasteiger partial charge in [0.15, 0.2) is 0 Å². The largest absolute Gasteiger partial charge is 0.508 e. The summed E-state index contributed by atoms with van der Waals surface area (Å²) in [6, 6.07) is 12.4. The highest BCUT2D eigenvalue weighted by Gasteiger charge is 2.52. The van der Waals surface area contributed by atoms with Crippen molar-refractivity contribution in [3.63, 3.8) is 0 Å². The Morgan fingerprint density at radius 1 is 0.857 bits per heavy atom. The van der Waals surface area contributed by atoms with Crippen molar-refractivity contribution in [2.45, 2.75) is 43.9 Å². The van der Waals surface area contributed by atoms with Crippen LogP contribution < -0.4 is 0 Å². The van der Waals surface area contributed by atoms with Gasteiger partial charge in [0.2, 0.25) is 0 Å². The third-order valence-electron chi connectivity index (χ3n) is 7.09. The summed E-state index contributed by atoms with van der Waals surface area (Å²) in [5, 5.41) is 19.7. The molecule has 0 amide bonds. The Hall–Kier alpha value is -2.73. The average Bonchev–Trinajstić information content (AvgIpc) is 2.66. The van der Waals surface area contributed by atoms with E-state index in [4.69, 9.17) is 5.11 Å². The molecule has 4 fully saturated rings. The Balaban J connectivity index is 1.45. The number of phenolic OH excluding ortho intramolecular Hbond substituents is 1. The van der Waals surface area contributed by atoms with E-state index in [-0.39, 0.29) is 11.0 Å². The monoisotopic (exact) mass is 372 g/mol. The van der Waals surface area contributed by atoms with Crippen LogP contribution in [0, 0.1) is 29.6 Å². The van der Waals surface area contributed by atoms with Crippen molar-refractivity contribution in [3.8, 4) is 17.6 Å². The molecule has 4 aliphatic carbocycles. The SMILES string of the molecule is O=C(O)c1ccc(C#Cc2ccc(O)c(C34CC5CC(CC(C5)C3)C4)c2)cc1. The number of carboxylic acids is 1. The Morgan fingerprint density at radius 3 is 1.96 bits per heavy atom. The first-order chi connectivity index (χ1) is 13.5. The molecule has 4 saturated carbocycles. The molecule has 0 aliphatic heterocycles. The van der Waals surface area contributed by atoms with E-state index < -0.39 is 5.97 Å². The molecular formula is C25H24O3. The predicted molar refractivity (Wildman–Crippen MR) is 107 cm³/mol. The van der Waals surface area contributed by atoms with E-state index in [0.29, 0.717) is 5.75 Å². The summed E-state index contributed by atoms with van der Waals surface area (Å²) in [6.07, 6.45) is 7.77. The van der Waals surface area contributed by atoms with Crippen LogP contribution in [0.25, 0.3) is 0 Å².